The molecule has 3 aromatic rings. The van der Waals surface area contributed by atoms with E-state index in [1.807, 2.05) is 37.3 Å². The van der Waals surface area contributed by atoms with E-state index in [1.165, 1.54) is 0 Å². The molecule has 0 aliphatic rings. The molecule has 1 aromatic heterocycles. The maximum absolute atomic E-state index is 12.9. The molecule has 2 aromatic carbocycles. The van der Waals surface area contributed by atoms with Gasteiger partial charge in [0.1, 0.15) is 4.90 Å². The van der Waals surface area contributed by atoms with Gasteiger partial charge in [-0.3, -0.25) is 4.72 Å². The standard InChI is InChI=1S/C18H18ClN3O2S/c1-12-9-10-15(11-17(12)19)21-25(23,24)18-13(2)20-22(14(18)3)16-7-5-4-6-8-16/h4-11,21H,1-3H3. The third-order valence-corrected chi connectivity index (χ3v) is 5.96. The number of rotatable bonds is 4. The first-order valence-corrected chi connectivity index (χ1v) is 9.56. The van der Waals surface area contributed by atoms with Gasteiger partial charge >= 0.3 is 0 Å². The van der Waals surface area contributed by atoms with Crippen LogP contribution in [0.3, 0.4) is 0 Å². The fraction of sp³-hybridized carbons (Fsp3) is 0.167. The van der Waals surface area contributed by atoms with E-state index >= 15 is 0 Å². The average molecular weight is 376 g/mol. The quantitative estimate of drug-likeness (QED) is 0.741. The molecule has 7 heteroatoms. The zero-order chi connectivity index (χ0) is 18.2. The van der Waals surface area contributed by atoms with Crippen LogP contribution in [0.4, 0.5) is 5.69 Å². The maximum atomic E-state index is 12.9. The van der Waals surface area contributed by atoms with Gasteiger partial charge in [0.25, 0.3) is 10.0 Å². The highest BCUT2D eigenvalue weighted by Gasteiger charge is 2.25. The van der Waals surface area contributed by atoms with Crippen LogP contribution in [0.15, 0.2) is 53.4 Å². The first-order chi connectivity index (χ1) is 11.8. The summed E-state index contributed by atoms with van der Waals surface area (Å²) in [5, 5.41) is 4.90. The fourth-order valence-corrected chi connectivity index (χ4v) is 4.33. The lowest BCUT2D eigenvalue weighted by molar-refractivity contribution is 0.600. The Kier molecular flexibility index (Phi) is 4.58. The molecule has 0 aliphatic heterocycles. The van der Waals surface area contributed by atoms with Gasteiger partial charge in [-0.05, 0) is 50.6 Å². The number of nitrogens with zero attached hydrogens (tertiary/aromatic N) is 2. The molecule has 3 rings (SSSR count). The summed E-state index contributed by atoms with van der Waals surface area (Å²) in [4.78, 5) is 0.174. The lowest BCUT2D eigenvalue weighted by Crippen LogP contribution is -2.15. The van der Waals surface area contributed by atoms with Crippen molar-refractivity contribution in [2.45, 2.75) is 25.7 Å². The maximum Gasteiger partial charge on any atom is 0.265 e. The zero-order valence-electron chi connectivity index (χ0n) is 14.1. The van der Waals surface area contributed by atoms with E-state index < -0.39 is 10.0 Å². The Morgan fingerprint density at radius 2 is 1.72 bits per heavy atom. The molecule has 0 saturated carbocycles. The number of hydrogen-bond donors (Lipinski definition) is 1. The Morgan fingerprint density at radius 3 is 2.36 bits per heavy atom. The fourth-order valence-electron chi connectivity index (χ4n) is 2.70. The summed E-state index contributed by atoms with van der Waals surface area (Å²) in [7, 11) is -3.78. The van der Waals surface area contributed by atoms with E-state index in [2.05, 4.69) is 9.82 Å². The lowest BCUT2D eigenvalue weighted by Gasteiger charge is -2.10. The monoisotopic (exact) mass is 375 g/mol. The average Bonchev–Trinajstić information content (AvgIpc) is 2.87. The Balaban J connectivity index is 2.03. The van der Waals surface area contributed by atoms with Crippen LogP contribution in [-0.4, -0.2) is 18.2 Å². The summed E-state index contributed by atoms with van der Waals surface area (Å²) in [6.45, 7) is 5.28. The summed E-state index contributed by atoms with van der Waals surface area (Å²) in [6, 6.07) is 14.5. The van der Waals surface area contributed by atoms with Crippen LogP contribution in [0.25, 0.3) is 5.69 Å². The Hall–Kier alpha value is -2.31. The number of hydrogen-bond acceptors (Lipinski definition) is 3. The summed E-state index contributed by atoms with van der Waals surface area (Å²) in [5.41, 5.74) is 3.10. The van der Waals surface area contributed by atoms with Crippen LogP contribution in [0.5, 0.6) is 0 Å². The van der Waals surface area contributed by atoms with E-state index in [0.717, 1.165) is 11.3 Å². The molecule has 1 heterocycles. The van der Waals surface area contributed by atoms with Crippen molar-refractivity contribution in [3.05, 3.63) is 70.5 Å². The molecule has 0 saturated heterocycles. The third-order valence-electron chi connectivity index (χ3n) is 3.92. The molecule has 0 fully saturated rings. The predicted octanol–water partition coefficient (Wildman–Crippen LogP) is 4.25. The highest BCUT2D eigenvalue weighted by atomic mass is 35.5. The Labute approximate surface area is 152 Å². The van der Waals surface area contributed by atoms with Crippen LogP contribution >= 0.6 is 11.6 Å². The Morgan fingerprint density at radius 1 is 1.04 bits per heavy atom. The van der Waals surface area contributed by atoms with Gasteiger partial charge in [-0.15, -0.1) is 0 Å². The van der Waals surface area contributed by atoms with E-state index in [0.29, 0.717) is 22.1 Å². The van der Waals surface area contributed by atoms with Gasteiger partial charge < -0.3 is 0 Å². The van der Waals surface area contributed by atoms with E-state index in [-0.39, 0.29) is 4.90 Å². The Bertz CT molecular complexity index is 1030. The normalized spacial score (nSPS) is 11.5. The van der Waals surface area contributed by atoms with Gasteiger partial charge in [-0.2, -0.15) is 5.10 Å². The number of aryl methyl sites for hydroxylation is 2. The van der Waals surface area contributed by atoms with Crippen molar-refractivity contribution < 1.29 is 8.42 Å². The number of nitrogens with one attached hydrogen (secondary N) is 1. The highest BCUT2D eigenvalue weighted by Crippen LogP contribution is 2.26. The number of benzene rings is 2. The lowest BCUT2D eigenvalue weighted by atomic mass is 10.2. The second-order valence-electron chi connectivity index (χ2n) is 5.82. The molecular formula is C18H18ClN3O2S. The largest absolute Gasteiger partial charge is 0.279 e. The second kappa shape index (κ2) is 6.54. The third kappa shape index (κ3) is 3.41. The van der Waals surface area contributed by atoms with Crippen LogP contribution in [0.1, 0.15) is 17.0 Å². The molecule has 0 bridgehead atoms. The summed E-state index contributed by atoms with van der Waals surface area (Å²) in [5.74, 6) is 0. The second-order valence-corrected chi connectivity index (χ2v) is 7.84. The van der Waals surface area contributed by atoms with Crippen molar-refractivity contribution in [2.24, 2.45) is 0 Å². The molecule has 1 N–H and O–H groups in total. The summed E-state index contributed by atoms with van der Waals surface area (Å²) < 4.78 is 30.0. The predicted molar refractivity (Wildman–Crippen MR) is 100 cm³/mol. The SMILES string of the molecule is Cc1ccc(NS(=O)(=O)c2c(C)nn(-c3ccccc3)c2C)cc1Cl. The number of para-hydroxylation sites is 1. The van der Waals surface area contributed by atoms with Gasteiger partial charge in [0.2, 0.25) is 0 Å². The van der Waals surface area contributed by atoms with E-state index in [4.69, 9.17) is 11.6 Å². The van der Waals surface area contributed by atoms with Gasteiger partial charge in [-0.1, -0.05) is 35.9 Å². The van der Waals surface area contributed by atoms with Crippen molar-refractivity contribution in [3.63, 3.8) is 0 Å². The minimum Gasteiger partial charge on any atom is -0.279 e. The van der Waals surface area contributed by atoms with Crippen LogP contribution in [0, 0.1) is 20.8 Å². The first kappa shape index (κ1) is 17.5. The molecule has 5 nitrogen and oxygen atoms in total. The molecule has 25 heavy (non-hydrogen) atoms. The van der Waals surface area contributed by atoms with E-state index in [9.17, 15) is 8.42 Å². The van der Waals surface area contributed by atoms with Crippen molar-refractivity contribution in [2.75, 3.05) is 4.72 Å². The van der Waals surface area contributed by atoms with Crippen LogP contribution in [-0.2, 0) is 10.0 Å². The number of aromatic nitrogens is 2. The summed E-state index contributed by atoms with van der Waals surface area (Å²) in [6.07, 6.45) is 0. The number of halogens is 1. The molecule has 0 radical (unpaired) electrons. The first-order valence-electron chi connectivity index (χ1n) is 7.70. The van der Waals surface area contributed by atoms with Gasteiger partial charge in [0, 0.05) is 5.02 Å². The molecule has 0 atom stereocenters. The van der Waals surface area contributed by atoms with Gasteiger partial charge in [-0.25, -0.2) is 13.1 Å². The van der Waals surface area contributed by atoms with Gasteiger partial charge in [0.15, 0.2) is 0 Å². The molecule has 0 aliphatic carbocycles. The zero-order valence-corrected chi connectivity index (χ0v) is 15.7. The molecule has 0 unspecified atom stereocenters. The highest BCUT2D eigenvalue weighted by molar-refractivity contribution is 7.92. The van der Waals surface area contributed by atoms with Crippen molar-refractivity contribution in [1.29, 1.82) is 0 Å². The van der Waals surface area contributed by atoms with Crippen LogP contribution in [0.2, 0.25) is 5.02 Å². The molecule has 0 amide bonds. The van der Waals surface area contributed by atoms with Crippen molar-refractivity contribution in [1.82, 2.24) is 9.78 Å². The van der Waals surface area contributed by atoms with E-state index in [1.54, 1.807) is 36.7 Å². The van der Waals surface area contributed by atoms with Crippen molar-refractivity contribution in [3.8, 4) is 5.69 Å². The topological polar surface area (TPSA) is 64.0 Å². The number of anilines is 1. The minimum atomic E-state index is -3.78. The molecule has 0 spiro atoms. The van der Waals surface area contributed by atoms with Crippen LogP contribution < -0.4 is 4.72 Å². The van der Waals surface area contributed by atoms with Crippen molar-refractivity contribution >= 4 is 27.3 Å². The summed E-state index contributed by atoms with van der Waals surface area (Å²) >= 11 is 6.08. The van der Waals surface area contributed by atoms with Gasteiger partial charge in [0.05, 0.1) is 22.8 Å². The number of sulfonamides is 1. The molecular weight excluding hydrogens is 358 g/mol. The minimum absolute atomic E-state index is 0.174. The smallest absolute Gasteiger partial charge is 0.265 e. The molecule has 130 valence electrons.